The molecule has 0 radical (unpaired) electrons. The molecule has 1 N–H and O–H groups in total. The van der Waals surface area contributed by atoms with E-state index in [4.69, 9.17) is 4.74 Å². The summed E-state index contributed by atoms with van der Waals surface area (Å²) in [5.41, 5.74) is 3.15. The minimum atomic E-state index is -0.163. The van der Waals surface area contributed by atoms with Crippen LogP contribution in [0.3, 0.4) is 0 Å². The van der Waals surface area contributed by atoms with Gasteiger partial charge in [-0.1, -0.05) is 55.5 Å². The zero-order chi connectivity index (χ0) is 24.8. The van der Waals surface area contributed by atoms with Gasteiger partial charge in [-0.2, -0.15) is 0 Å². The topological polar surface area (TPSA) is 68.5 Å². The molecule has 7 nitrogen and oxygen atoms in total. The van der Waals surface area contributed by atoms with Gasteiger partial charge in [-0.15, -0.1) is 0 Å². The van der Waals surface area contributed by atoms with E-state index in [1.807, 2.05) is 41.9 Å². The molecule has 1 amide bonds. The number of pyridine rings is 1. The van der Waals surface area contributed by atoms with Crippen molar-refractivity contribution >= 4 is 27.7 Å². The maximum absolute atomic E-state index is 13.4. The lowest BCUT2D eigenvalue weighted by atomic mass is 10.1. The van der Waals surface area contributed by atoms with Gasteiger partial charge in [-0.05, 0) is 24.6 Å². The van der Waals surface area contributed by atoms with E-state index in [1.165, 1.54) is 5.56 Å². The highest BCUT2D eigenvalue weighted by atomic mass is 16.5. The molecule has 0 saturated carbocycles. The summed E-state index contributed by atoms with van der Waals surface area (Å²) in [5, 5.41) is 4.71. The van der Waals surface area contributed by atoms with Crippen molar-refractivity contribution in [3.8, 4) is 0 Å². The Balaban J connectivity index is 1.54. The number of benzene rings is 2. The van der Waals surface area contributed by atoms with Crippen molar-refractivity contribution in [1.29, 1.82) is 0 Å². The van der Waals surface area contributed by atoms with Crippen molar-refractivity contribution < 1.29 is 9.53 Å². The molecule has 2 aromatic heterocycles. The van der Waals surface area contributed by atoms with Crippen molar-refractivity contribution in [3.05, 3.63) is 82.3 Å². The van der Waals surface area contributed by atoms with Crippen LogP contribution in [0.5, 0.6) is 0 Å². The molecule has 0 saturated heterocycles. The Morgan fingerprint density at radius 2 is 1.83 bits per heavy atom. The van der Waals surface area contributed by atoms with E-state index >= 15 is 0 Å². The van der Waals surface area contributed by atoms with Crippen LogP contribution in [-0.2, 0) is 24.9 Å². The largest absolute Gasteiger partial charge is 0.383 e. The maximum atomic E-state index is 13.4. The molecule has 0 fully saturated rings. The Morgan fingerprint density at radius 1 is 1.09 bits per heavy atom. The molecule has 0 spiro atoms. The lowest BCUT2D eigenvalue weighted by Crippen LogP contribution is -2.31. The lowest BCUT2D eigenvalue weighted by Gasteiger charge is -2.20. The van der Waals surface area contributed by atoms with Crippen LogP contribution >= 0.6 is 0 Å². The molecule has 184 valence electrons. The van der Waals surface area contributed by atoms with Gasteiger partial charge in [-0.25, -0.2) is 0 Å². The van der Waals surface area contributed by atoms with Crippen LogP contribution in [0.1, 0.15) is 29.3 Å². The monoisotopic (exact) mass is 474 g/mol. The van der Waals surface area contributed by atoms with E-state index in [0.29, 0.717) is 36.2 Å². The molecule has 0 aliphatic rings. The first-order valence-electron chi connectivity index (χ1n) is 12.2. The molecule has 0 unspecified atom stereocenters. The number of methoxy groups -OCH3 is 1. The molecule has 0 atom stereocenters. The highest BCUT2D eigenvalue weighted by molar-refractivity contribution is 6.17. The number of carbonyl (C=O) groups is 1. The second-order valence-electron chi connectivity index (χ2n) is 8.80. The summed E-state index contributed by atoms with van der Waals surface area (Å²) >= 11 is 0. The third kappa shape index (κ3) is 5.31. The van der Waals surface area contributed by atoms with Crippen LogP contribution in [0, 0.1) is 0 Å². The fourth-order valence-electron chi connectivity index (χ4n) is 4.65. The van der Waals surface area contributed by atoms with Gasteiger partial charge in [0.2, 0.25) is 0 Å². The van der Waals surface area contributed by atoms with E-state index < -0.39 is 0 Å². The molecular formula is C28H34N4O3. The fraction of sp³-hybridized carbons (Fsp3) is 0.357. The van der Waals surface area contributed by atoms with Crippen LogP contribution < -0.4 is 10.9 Å². The summed E-state index contributed by atoms with van der Waals surface area (Å²) in [5.74, 6) is -0.163. The number of hydrogen-bond acceptors (Lipinski definition) is 4. The van der Waals surface area contributed by atoms with Gasteiger partial charge in [0.15, 0.2) is 0 Å². The van der Waals surface area contributed by atoms with Crippen LogP contribution in [0.2, 0.25) is 0 Å². The number of rotatable bonds is 11. The SMILES string of the molecule is CCN(CCCNC(=O)c1cn(CCOC)c(=O)c2c1c1ccccc1n2C)Cc1ccccc1. The minimum Gasteiger partial charge on any atom is -0.383 e. The Labute approximate surface area is 205 Å². The van der Waals surface area contributed by atoms with Gasteiger partial charge >= 0.3 is 0 Å². The predicted molar refractivity (Wildman–Crippen MR) is 141 cm³/mol. The molecule has 4 aromatic rings. The number of hydrogen-bond donors (Lipinski definition) is 1. The average Bonchev–Trinajstić information content (AvgIpc) is 3.19. The first kappa shape index (κ1) is 24.7. The normalized spacial score (nSPS) is 11.5. The average molecular weight is 475 g/mol. The van der Waals surface area contributed by atoms with Crippen molar-refractivity contribution in [2.24, 2.45) is 7.05 Å². The van der Waals surface area contributed by atoms with Gasteiger partial charge in [-0.3, -0.25) is 14.5 Å². The Kier molecular flexibility index (Phi) is 8.00. The van der Waals surface area contributed by atoms with Crippen molar-refractivity contribution in [2.45, 2.75) is 26.4 Å². The zero-order valence-corrected chi connectivity index (χ0v) is 20.8. The van der Waals surface area contributed by atoms with Gasteiger partial charge in [0.1, 0.15) is 5.52 Å². The third-order valence-corrected chi connectivity index (χ3v) is 6.54. The Hall–Kier alpha value is -3.42. The third-order valence-electron chi connectivity index (χ3n) is 6.54. The Morgan fingerprint density at radius 3 is 2.57 bits per heavy atom. The highest BCUT2D eigenvalue weighted by Gasteiger charge is 2.21. The number of nitrogens with zero attached hydrogens (tertiary/aromatic N) is 3. The van der Waals surface area contributed by atoms with Crippen molar-refractivity contribution in [1.82, 2.24) is 19.4 Å². The summed E-state index contributed by atoms with van der Waals surface area (Å²) in [6.45, 7) is 6.23. The summed E-state index contributed by atoms with van der Waals surface area (Å²) in [6.07, 6.45) is 2.52. The summed E-state index contributed by atoms with van der Waals surface area (Å²) < 4.78 is 8.65. The standard InChI is InChI=1S/C28H34N4O3/c1-4-31(19-21-11-6-5-7-12-21)16-10-15-29-27(33)23-20-32(17-18-35-3)28(34)26-25(23)22-13-8-9-14-24(22)30(26)2/h5-9,11-14,20H,4,10,15-19H2,1-3H3,(H,29,33). The van der Waals surface area contributed by atoms with E-state index in [-0.39, 0.29) is 11.5 Å². The molecule has 0 aliphatic carbocycles. The van der Waals surface area contributed by atoms with E-state index in [2.05, 4.69) is 41.4 Å². The maximum Gasteiger partial charge on any atom is 0.275 e. The van der Waals surface area contributed by atoms with Gasteiger partial charge in [0, 0.05) is 62.8 Å². The Bertz CT molecular complexity index is 1360. The molecule has 4 rings (SSSR count). The van der Waals surface area contributed by atoms with Crippen LogP contribution in [0.25, 0.3) is 21.8 Å². The molecule has 7 heteroatoms. The molecule has 0 bridgehead atoms. The molecule has 0 aliphatic heterocycles. The first-order chi connectivity index (χ1) is 17.0. The predicted octanol–water partition coefficient (Wildman–Crippen LogP) is 3.78. The van der Waals surface area contributed by atoms with Crippen LogP contribution in [0.15, 0.2) is 65.6 Å². The van der Waals surface area contributed by atoms with Gasteiger partial charge in [0.25, 0.3) is 11.5 Å². The number of ether oxygens (including phenoxy) is 1. The lowest BCUT2D eigenvalue weighted by molar-refractivity contribution is 0.0952. The van der Waals surface area contributed by atoms with Gasteiger partial charge in [0.05, 0.1) is 12.2 Å². The van der Waals surface area contributed by atoms with E-state index in [1.54, 1.807) is 17.9 Å². The minimum absolute atomic E-state index is 0.119. The van der Waals surface area contributed by atoms with Crippen molar-refractivity contribution in [2.75, 3.05) is 33.4 Å². The quantitative estimate of drug-likeness (QED) is 0.336. The number of amides is 1. The highest BCUT2D eigenvalue weighted by Crippen LogP contribution is 2.28. The number of aryl methyl sites for hydroxylation is 1. The second kappa shape index (κ2) is 11.3. The summed E-state index contributed by atoms with van der Waals surface area (Å²) in [4.78, 5) is 29.0. The molecule has 2 heterocycles. The van der Waals surface area contributed by atoms with E-state index in [9.17, 15) is 9.59 Å². The number of para-hydroxylation sites is 1. The smallest absolute Gasteiger partial charge is 0.275 e. The first-order valence-corrected chi connectivity index (χ1v) is 12.2. The number of aromatic nitrogens is 2. The number of fused-ring (bicyclic) bond motifs is 3. The molecule has 2 aromatic carbocycles. The number of carbonyl (C=O) groups excluding carboxylic acids is 1. The second-order valence-corrected chi connectivity index (χ2v) is 8.80. The van der Waals surface area contributed by atoms with Crippen LogP contribution in [-0.4, -0.2) is 53.3 Å². The van der Waals surface area contributed by atoms with Crippen molar-refractivity contribution in [3.63, 3.8) is 0 Å². The fourth-order valence-corrected chi connectivity index (χ4v) is 4.65. The zero-order valence-electron chi connectivity index (χ0n) is 20.8. The molecule has 35 heavy (non-hydrogen) atoms. The van der Waals surface area contributed by atoms with E-state index in [0.717, 1.165) is 37.0 Å². The van der Waals surface area contributed by atoms with Crippen LogP contribution in [0.4, 0.5) is 0 Å². The summed E-state index contributed by atoms with van der Waals surface area (Å²) in [6, 6.07) is 18.2. The van der Waals surface area contributed by atoms with Gasteiger partial charge < -0.3 is 19.2 Å². The number of nitrogens with one attached hydrogen (secondary N) is 1. The molecular weight excluding hydrogens is 440 g/mol. The summed E-state index contributed by atoms with van der Waals surface area (Å²) in [7, 11) is 3.48.